The second kappa shape index (κ2) is 4.79. The number of amides is 1. The van der Waals surface area contributed by atoms with Gasteiger partial charge in [0, 0.05) is 18.0 Å². The number of nitrogens with one attached hydrogen (secondary N) is 1. The van der Waals surface area contributed by atoms with Crippen LogP contribution in [0.1, 0.15) is 26.7 Å². The Kier molecular flexibility index (Phi) is 3.42. The molecule has 1 aliphatic heterocycles. The minimum absolute atomic E-state index is 0.0648. The van der Waals surface area contributed by atoms with E-state index >= 15 is 0 Å². The van der Waals surface area contributed by atoms with Gasteiger partial charge >= 0.3 is 0 Å². The number of hydrogen-bond acceptors (Lipinski definition) is 5. The van der Waals surface area contributed by atoms with Crippen molar-refractivity contribution in [3.05, 3.63) is 12.2 Å². The van der Waals surface area contributed by atoms with Gasteiger partial charge in [0.2, 0.25) is 5.91 Å². The molecule has 0 radical (unpaired) electrons. The zero-order valence-corrected chi connectivity index (χ0v) is 13.1. The lowest BCUT2D eigenvalue weighted by atomic mass is 9.82. The maximum Gasteiger partial charge on any atom is 0.270 e. The first-order chi connectivity index (χ1) is 9.74. The lowest BCUT2D eigenvalue weighted by Crippen LogP contribution is -2.42. The van der Waals surface area contributed by atoms with Crippen LogP contribution < -0.4 is 5.32 Å². The van der Waals surface area contributed by atoms with E-state index in [0.29, 0.717) is 25.1 Å². The van der Waals surface area contributed by atoms with E-state index in [9.17, 15) is 13.2 Å². The molecule has 7 heteroatoms. The van der Waals surface area contributed by atoms with Gasteiger partial charge < -0.3 is 10.1 Å². The number of fused-ring (bicyclic) bond motifs is 1. The Balaban J connectivity index is 1.58. The summed E-state index contributed by atoms with van der Waals surface area (Å²) in [4.78, 5) is 11.4. The van der Waals surface area contributed by atoms with Crippen molar-refractivity contribution < 1.29 is 22.1 Å². The zero-order chi connectivity index (χ0) is 15.4. The summed E-state index contributed by atoms with van der Waals surface area (Å²) < 4.78 is 35.0. The summed E-state index contributed by atoms with van der Waals surface area (Å²) in [5, 5.41) is 2.35. The summed E-state index contributed by atoms with van der Waals surface area (Å²) in [6, 6.07) is 0. The van der Waals surface area contributed by atoms with Crippen molar-refractivity contribution in [3.63, 3.8) is 0 Å². The second-order valence-corrected chi connectivity index (χ2v) is 8.43. The molecule has 118 valence electrons. The first kappa shape index (κ1) is 15.0. The van der Waals surface area contributed by atoms with Crippen molar-refractivity contribution in [1.82, 2.24) is 5.32 Å². The molecule has 5 atom stereocenters. The quantitative estimate of drug-likeness (QED) is 0.456. The van der Waals surface area contributed by atoms with Gasteiger partial charge in [-0.05, 0) is 25.2 Å². The highest BCUT2D eigenvalue weighted by Crippen LogP contribution is 2.61. The topological polar surface area (TPSA) is 81.7 Å². The molecule has 1 saturated heterocycles. The van der Waals surface area contributed by atoms with Gasteiger partial charge in [0.25, 0.3) is 10.1 Å². The van der Waals surface area contributed by atoms with Crippen molar-refractivity contribution in [1.29, 1.82) is 0 Å². The van der Waals surface area contributed by atoms with E-state index < -0.39 is 10.1 Å². The van der Waals surface area contributed by atoms with Gasteiger partial charge in [0.15, 0.2) is 0 Å². The molecule has 0 aromatic heterocycles. The monoisotopic (exact) mass is 315 g/mol. The Morgan fingerprint density at radius 3 is 2.86 bits per heavy atom. The normalized spacial score (nSPS) is 42.2. The Morgan fingerprint density at radius 2 is 2.19 bits per heavy atom. The molecule has 6 nitrogen and oxygen atoms in total. The van der Waals surface area contributed by atoms with E-state index in [-0.39, 0.29) is 34.7 Å². The Hall–Kier alpha value is -0.920. The fraction of sp³-hybridized carbons (Fsp3) is 0.786. The standard InChI is InChI=1S/C14H21NO5S/c1-8(2)13(16)15-4-5-19-12-11-9-6-14(12,3)7-10(9)21(17,18)20-11/h9-12H,1,4-7H2,2-3H3,(H,15,16). The van der Waals surface area contributed by atoms with Gasteiger partial charge in [0.1, 0.15) is 6.10 Å². The van der Waals surface area contributed by atoms with E-state index in [0.717, 1.165) is 6.42 Å². The Labute approximate surface area is 125 Å². The molecule has 3 rings (SSSR count). The molecular formula is C14H21NO5S. The van der Waals surface area contributed by atoms with Gasteiger partial charge in [-0.25, -0.2) is 0 Å². The van der Waals surface area contributed by atoms with Crippen LogP contribution in [0, 0.1) is 11.3 Å². The molecule has 21 heavy (non-hydrogen) atoms. The molecule has 0 aromatic rings. The van der Waals surface area contributed by atoms with Gasteiger partial charge in [-0.2, -0.15) is 8.42 Å². The van der Waals surface area contributed by atoms with Crippen LogP contribution in [-0.2, 0) is 23.8 Å². The van der Waals surface area contributed by atoms with Crippen LogP contribution in [0.15, 0.2) is 12.2 Å². The SMILES string of the molecule is C=C(C)C(=O)NCCOC1C2OS(=O)(=O)C3CC1(C)CC23. The molecule has 0 spiro atoms. The molecule has 5 unspecified atom stereocenters. The van der Waals surface area contributed by atoms with Crippen LogP contribution in [0.4, 0.5) is 0 Å². The average Bonchev–Trinajstić information content (AvgIpc) is 2.91. The molecule has 3 fully saturated rings. The maximum atomic E-state index is 11.9. The van der Waals surface area contributed by atoms with Crippen molar-refractivity contribution in [2.45, 2.75) is 44.1 Å². The summed E-state index contributed by atoms with van der Waals surface area (Å²) in [5.74, 6) is -0.132. The van der Waals surface area contributed by atoms with Crippen molar-refractivity contribution in [3.8, 4) is 0 Å². The highest BCUT2D eigenvalue weighted by atomic mass is 32.2. The predicted octanol–water partition coefficient (Wildman–Crippen LogP) is 0.591. The highest BCUT2D eigenvalue weighted by Gasteiger charge is 2.69. The van der Waals surface area contributed by atoms with Crippen molar-refractivity contribution in [2.75, 3.05) is 13.2 Å². The van der Waals surface area contributed by atoms with Crippen LogP contribution in [0.5, 0.6) is 0 Å². The van der Waals surface area contributed by atoms with Crippen molar-refractivity contribution >= 4 is 16.0 Å². The van der Waals surface area contributed by atoms with Crippen LogP contribution in [0.25, 0.3) is 0 Å². The van der Waals surface area contributed by atoms with E-state index in [2.05, 4.69) is 18.8 Å². The third-order valence-corrected chi connectivity index (χ3v) is 6.69. The number of ether oxygens (including phenoxy) is 1. The molecule has 2 saturated carbocycles. The lowest BCUT2D eigenvalue weighted by Gasteiger charge is -2.32. The Morgan fingerprint density at radius 1 is 1.48 bits per heavy atom. The molecular weight excluding hydrogens is 294 g/mol. The summed E-state index contributed by atoms with van der Waals surface area (Å²) in [6.45, 7) is 8.00. The number of carbonyl (C=O) groups excluding carboxylic acids is 1. The molecule has 1 amide bonds. The number of hydrogen-bond donors (Lipinski definition) is 1. The summed E-state index contributed by atoms with van der Waals surface area (Å²) in [5.41, 5.74) is 0.317. The predicted molar refractivity (Wildman–Crippen MR) is 76.0 cm³/mol. The molecule has 2 bridgehead atoms. The lowest BCUT2D eigenvalue weighted by molar-refractivity contribution is -0.118. The fourth-order valence-electron chi connectivity index (χ4n) is 4.01. The summed E-state index contributed by atoms with van der Waals surface area (Å²) in [7, 11) is -3.42. The van der Waals surface area contributed by atoms with E-state index in [1.165, 1.54) is 0 Å². The van der Waals surface area contributed by atoms with Gasteiger partial charge in [-0.15, -0.1) is 0 Å². The van der Waals surface area contributed by atoms with Gasteiger partial charge in [0.05, 0.1) is 18.0 Å². The van der Waals surface area contributed by atoms with Crippen molar-refractivity contribution in [2.24, 2.45) is 11.3 Å². The first-order valence-electron chi connectivity index (χ1n) is 7.22. The van der Waals surface area contributed by atoms with Gasteiger partial charge in [-0.3, -0.25) is 8.98 Å². The summed E-state index contributed by atoms with van der Waals surface area (Å²) in [6.07, 6.45) is 0.886. The third-order valence-electron chi connectivity index (χ3n) is 4.94. The first-order valence-corrected chi connectivity index (χ1v) is 8.69. The maximum absolute atomic E-state index is 11.9. The fourth-order valence-corrected chi connectivity index (χ4v) is 5.97. The summed E-state index contributed by atoms with van der Waals surface area (Å²) >= 11 is 0. The van der Waals surface area contributed by atoms with E-state index in [1.807, 2.05) is 0 Å². The minimum atomic E-state index is -3.42. The molecule has 0 aromatic carbocycles. The molecule has 1 N–H and O–H groups in total. The number of carbonyl (C=O) groups is 1. The third kappa shape index (κ3) is 2.31. The van der Waals surface area contributed by atoms with Crippen LogP contribution in [-0.4, -0.2) is 44.9 Å². The van der Waals surface area contributed by atoms with E-state index in [4.69, 9.17) is 8.92 Å². The second-order valence-electron chi connectivity index (χ2n) is 6.65. The molecule has 1 heterocycles. The van der Waals surface area contributed by atoms with Crippen LogP contribution in [0.2, 0.25) is 0 Å². The smallest absolute Gasteiger partial charge is 0.270 e. The van der Waals surface area contributed by atoms with Gasteiger partial charge in [-0.1, -0.05) is 13.5 Å². The minimum Gasteiger partial charge on any atom is -0.373 e. The van der Waals surface area contributed by atoms with Crippen LogP contribution >= 0.6 is 0 Å². The zero-order valence-electron chi connectivity index (χ0n) is 12.3. The average molecular weight is 315 g/mol. The Bertz CT molecular complexity index is 586. The van der Waals surface area contributed by atoms with Crippen LogP contribution in [0.3, 0.4) is 0 Å². The highest BCUT2D eigenvalue weighted by molar-refractivity contribution is 7.87. The molecule has 2 aliphatic carbocycles. The number of rotatable bonds is 5. The van der Waals surface area contributed by atoms with E-state index in [1.54, 1.807) is 6.92 Å². The largest absolute Gasteiger partial charge is 0.373 e. The molecule has 3 aliphatic rings.